The number of rotatable bonds is 3. The first-order valence-corrected chi connectivity index (χ1v) is 6.48. The van der Waals surface area contributed by atoms with E-state index in [1.54, 1.807) is 28.2 Å². The second-order valence-corrected chi connectivity index (χ2v) is 5.01. The lowest BCUT2D eigenvalue weighted by atomic mass is 10.3. The molecule has 0 unspecified atom stereocenters. The standard InChI is InChI=1S/C12H12N4OS/c13-8-1-2-9-10(7-8)16(12(17)15-9)5-3-11-14-4-6-18-11/h1-2,4,6-7H,3,5,13H2,(H,15,17). The number of hydrogen-bond donors (Lipinski definition) is 2. The van der Waals surface area contributed by atoms with Crippen LogP contribution in [0.5, 0.6) is 0 Å². The molecule has 0 fully saturated rings. The quantitative estimate of drug-likeness (QED) is 0.702. The Morgan fingerprint density at radius 2 is 2.33 bits per heavy atom. The van der Waals surface area contributed by atoms with Crippen molar-refractivity contribution in [2.75, 3.05) is 5.73 Å². The van der Waals surface area contributed by atoms with Crippen molar-refractivity contribution in [1.29, 1.82) is 0 Å². The molecule has 5 nitrogen and oxygen atoms in total. The smallest absolute Gasteiger partial charge is 0.326 e. The van der Waals surface area contributed by atoms with Crippen LogP contribution in [-0.4, -0.2) is 14.5 Å². The minimum Gasteiger partial charge on any atom is -0.399 e. The average molecular weight is 260 g/mol. The molecule has 0 aliphatic carbocycles. The molecule has 92 valence electrons. The number of H-pyrrole nitrogens is 1. The number of aryl methyl sites for hydroxylation is 2. The molecule has 18 heavy (non-hydrogen) atoms. The fourth-order valence-corrected chi connectivity index (χ4v) is 2.59. The SMILES string of the molecule is Nc1ccc2[nH]c(=O)n(CCc3nccs3)c2c1. The number of nitrogens with zero attached hydrogens (tertiary/aromatic N) is 2. The molecule has 6 heteroatoms. The van der Waals surface area contributed by atoms with Gasteiger partial charge in [0.15, 0.2) is 0 Å². The predicted octanol–water partition coefficient (Wildman–Crippen LogP) is 1.61. The van der Waals surface area contributed by atoms with E-state index in [0.717, 1.165) is 22.5 Å². The third-order valence-corrected chi connectivity index (χ3v) is 3.67. The maximum absolute atomic E-state index is 11.9. The molecule has 0 radical (unpaired) electrons. The molecule has 2 heterocycles. The second kappa shape index (κ2) is 4.30. The van der Waals surface area contributed by atoms with Crippen molar-refractivity contribution in [1.82, 2.24) is 14.5 Å². The lowest BCUT2D eigenvalue weighted by molar-refractivity contribution is 0.689. The zero-order valence-corrected chi connectivity index (χ0v) is 10.4. The molecule has 0 spiro atoms. The monoisotopic (exact) mass is 260 g/mol. The van der Waals surface area contributed by atoms with E-state index in [4.69, 9.17) is 5.73 Å². The summed E-state index contributed by atoms with van der Waals surface area (Å²) in [5.74, 6) is 0. The molecule has 0 atom stereocenters. The van der Waals surface area contributed by atoms with Crippen molar-refractivity contribution in [3.05, 3.63) is 45.3 Å². The molecule has 0 bridgehead atoms. The van der Waals surface area contributed by atoms with Gasteiger partial charge in [-0.2, -0.15) is 0 Å². The molecule has 2 aromatic heterocycles. The fourth-order valence-electron chi connectivity index (χ4n) is 1.98. The van der Waals surface area contributed by atoms with Gasteiger partial charge in [-0.1, -0.05) is 0 Å². The van der Waals surface area contributed by atoms with Gasteiger partial charge in [0.05, 0.1) is 16.0 Å². The molecule has 0 amide bonds. The zero-order chi connectivity index (χ0) is 12.5. The Morgan fingerprint density at radius 3 is 3.11 bits per heavy atom. The highest BCUT2D eigenvalue weighted by molar-refractivity contribution is 7.09. The normalized spacial score (nSPS) is 11.1. The summed E-state index contributed by atoms with van der Waals surface area (Å²) in [6.45, 7) is 0.607. The molecular formula is C12H12N4OS. The lowest BCUT2D eigenvalue weighted by Crippen LogP contribution is -2.17. The fraction of sp³-hybridized carbons (Fsp3) is 0.167. The van der Waals surface area contributed by atoms with E-state index in [0.29, 0.717) is 12.2 Å². The van der Waals surface area contributed by atoms with Crippen LogP contribution in [0.4, 0.5) is 5.69 Å². The van der Waals surface area contributed by atoms with Gasteiger partial charge in [0.25, 0.3) is 0 Å². The summed E-state index contributed by atoms with van der Waals surface area (Å²) in [7, 11) is 0. The molecule has 0 saturated carbocycles. The first-order valence-electron chi connectivity index (χ1n) is 5.60. The minimum absolute atomic E-state index is 0.104. The molecular weight excluding hydrogens is 248 g/mol. The van der Waals surface area contributed by atoms with E-state index in [1.165, 1.54) is 0 Å². The number of nitrogens with one attached hydrogen (secondary N) is 1. The number of aromatic nitrogens is 3. The molecule has 0 aliphatic rings. The van der Waals surface area contributed by atoms with Crippen molar-refractivity contribution in [3.63, 3.8) is 0 Å². The third kappa shape index (κ3) is 1.91. The van der Waals surface area contributed by atoms with Gasteiger partial charge in [0.1, 0.15) is 0 Å². The molecule has 3 N–H and O–H groups in total. The number of fused-ring (bicyclic) bond motifs is 1. The van der Waals surface area contributed by atoms with E-state index < -0.39 is 0 Å². The Kier molecular flexibility index (Phi) is 2.64. The van der Waals surface area contributed by atoms with Gasteiger partial charge in [-0.3, -0.25) is 4.57 Å². The van der Waals surface area contributed by atoms with Crippen molar-refractivity contribution in [2.45, 2.75) is 13.0 Å². The summed E-state index contributed by atoms with van der Waals surface area (Å²) in [5, 5.41) is 2.96. The first-order chi connectivity index (χ1) is 8.74. The Bertz CT molecular complexity index is 726. The summed E-state index contributed by atoms with van der Waals surface area (Å²) in [6.07, 6.45) is 2.52. The minimum atomic E-state index is -0.104. The summed E-state index contributed by atoms with van der Waals surface area (Å²) in [5.41, 5.74) is 7.96. The Hall–Kier alpha value is -2.08. The topological polar surface area (TPSA) is 76.7 Å². The van der Waals surface area contributed by atoms with Crippen LogP contribution in [0.2, 0.25) is 0 Å². The highest BCUT2D eigenvalue weighted by Gasteiger charge is 2.07. The first kappa shape index (κ1) is 11.0. The largest absolute Gasteiger partial charge is 0.399 e. The number of benzene rings is 1. The van der Waals surface area contributed by atoms with Gasteiger partial charge in [-0.15, -0.1) is 11.3 Å². The van der Waals surface area contributed by atoms with Gasteiger partial charge in [0.2, 0.25) is 0 Å². The molecule has 1 aromatic carbocycles. The molecule has 3 rings (SSSR count). The highest BCUT2D eigenvalue weighted by atomic mass is 32.1. The van der Waals surface area contributed by atoms with Gasteiger partial charge < -0.3 is 10.7 Å². The van der Waals surface area contributed by atoms with Crippen molar-refractivity contribution < 1.29 is 0 Å². The molecule has 3 aromatic rings. The highest BCUT2D eigenvalue weighted by Crippen LogP contribution is 2.15. The number of thiazole rings is 1. The van der Waals surface area contributed by atoms with Crippen molar-refractivity contribution in [3.8, 4) is 0 Å². The van der Waals surface area contributed by atoms with Crippen LogP contribution in [-0.2, 0) is 13.0 Å². The zero-order valence-electron chi connectivity index (χ0n) is 9.59. The number of anilines is 1. The number of nitrogen functional groups attached to an aromatic ring is 1. The summed E-state index contributed by atoms with van der Waals surface area (Å²) in [4.78, 5) is 18.9. The average Bonchev–Trinajstić information content (AvgIpc) is 2.94. The van der Waals surface area contributed by atoms with Gasteiger partial charge in [0, 0.05) is 30.2 Å². The van der Waals surface area contributed by atoms with E-state index in [1.807, 2.05) is 17.5 Å². The maximum Gasteiger partial charge on any atom is 0.326 e. The Morgan fingerprint density at radius 1 is 1.44 bits per heavy atom. The van der Waals surface area contributed by atoms with Crippen LogP contribution in [0, 0.1) is 0 Å². The number of aromatic amines is 1. The van der Waals surface area contributed by atoms with Gasteiger partial charge >= 0.3 is 5.69 Å². The Labute approximate surface area is 107 Å². The van der Waals surface area contributed by atoms with Crippen LogP contribution in [0.3, 0.4) is 0 Å². The van der Waals surface area contributed by atoms with Crippen LogP contribution in [0.1, 0.15) is 5.01 Å². The van der Waals surface area contributed by atoms with Crippen LogP contribution in [0.15, 0.2) is 34.6 Å². The van der Waals surface area contributed by atoms with E-state index in [2.05, 4.69) is 9.97 Å². The van der Waals surface area contributed by atoms with E-state index >= 15 is 0 Å². The van der Waals surface area contributed by atoms with Crippen molar-refractivity contribution in [2.24, 2.45) is 0 Å². The molecule has 0 saturated heterocycles. The second-order valence-electron chi connectivity index (χ2n) is 4.03. The summed E-state index contributed by atoms with van der Waals surface area (Å²) >= 11 is 1.60. The van der Waals surface area contributed by atoms with Crippen LogP contribution < -0.4 is 11.4 Å². The summed E-state index contributed by atoms with van der Waals surface area (Å²) in [6, 6.07) is 5.42. The number of imidazole rings is 1. The summed E-state index contributed by atoms with van der Waals surface area (Å²) < 4.78 is 1.70. The third-order valence-electron chi connectivity index (χ3n) is 2.83. The number of hydrogen-bond acceptors (Lipinski definition) is 4. The number of nitrogens with two attached hydrogens (primary N) is 1. The van der Waals surface area contributed by atoms with E-state index in [9.17, 15) is 4.79 Å². The Balaban J connectivity index is 1.98. The van der Waals surface area contributed by atoms with Crippen LogP contribution in [0.25, 0.3) is 11.0 Å². The van der Waals surface area contributed by atoms with Gasteiger partial charge in [-0.05, 0) is 18.2 Å². The maximum atomic E-state index is 11.9. The van der Waals surface area contributed by atoms with Gasteiger partial charge in [-0.25, -0.2) is 9.78 Å². The molecule has 0 aliphatic heterocycles. The predicted molar refractivity (Wildman–Crippen MR) is 72.8 cm³/mol. The lowest BCUT2D eigenvalue weighted by Gasteiger charge is -2.02. The van der Waals surface area contributed by atoms with Crippen molar-refractivity contribution >= 4 is 28.1 Å². The van der Waals surface area contributed by atoms with Crippen LogP contribution >= 0.6 is 11.3 Å². The van der Waals surface area contributed by atoms with E-state index in [-0.39, 0.29) is 5.69 Å².